The number of rotatable bonds is 8. The highest BCUT2D eigenvalue weighted by atomic mass is 79.9. The number of ether oxygens (including phenoxy) is 1. The highest BCUT2D eigenvalue weighted by Gasteiger charge is 2.18. The van der Waals surface area contributed by atoms with Crippen LogP contribution < -0.4 is 10.1 Å². The van der Waals surface area contributed by atoms with Crippen molar-refractivity contribution in [1.82, 2.24) is 9.78 Å². The Morgan fingerprint density at radius 3 is 2.74 bits per heavy atom. The number of nitro benzene ring substituents is 1. The predicted molar refractivity (Wildman–Crippen MR) is 130 cm³/mol. The Labute approximate surface area is 211 Å². The van der Waals surface area contributed by atoms with E-state index in [2.05, 4.69) is 26.3 Å². The molecule has 0 aliphatic carbocycles. The van der Waals surface area contributed by atoms with Gasteiger partial charge < -0.3 is 14.5 Å². The van der Waals surface area contributed by atoms with Gasteiger partial charge >= 0.3 is 5.69 Å². The van der Waals surface area contributed by atoms with Gasteiger partial charge in [-0.25, -0.2) is 0 Å². The van der Waals surface area contributed by atoms with Crippen LogP contribution in [0, 0.1) is 10.1 Å². The van der Waals surface area contributed by atoms with Crippen LogP contribution in [0.1, 0.15) is 21.9 Å². The lowest BCUT2D eigenvalue weighted by Gasteiger charge is -2.05. The van der Waals surface area contributed by atoms with Gasteiger partial charge in [0.25, 0.3) is 5.91 Å². The summed E-state index contributed by atoms with van der Waals surface area (Å²) in [6, 6.07) is 14.3. The maximum atomic E-state index is 12.6. The van der Waals surface area contributed by atoms with Crippen LogP contribution >= 0.6 is 39.1 Å². The van der Waals surface area contributed by atoms with Crippen molar-refractivity contribution in [3.8, 4) is 5.75 Å². The van der Waals surface area contributed by atoms with Crippen LogP contribution in [0.5, 0.6) is 5.75 Å². The zero-order valence-corrected chi connectivity index (χ0v) is 20.3. The van der Waals surface area contributed by atoms with Crippen LogP contribution in [0.25, 0.3) is 0 Å². The molecule has 0 radical (unpaired) electrons. The van der Waals surface area contributed by atoms with Gasteiger partial charge in [-0.2, -0.15) is 5.10 Å². The summed E-state index contributed by atoms with van der Waals surface area (Å²) in [6.07, 6.45) is 1.71. The molecule has 0 unspecified atom stereocenters. The topological polar surface area (TPSA) is 112 Å². The Balaban J connectivity index is 1.39. The van der Waals surface area contributed by atoms with Crippen molar-refractivity contribution < 1.29 is 18.9 Å². The number of halogens is 3. The van der Waals surface area contributed by atoms with Crippen LogP contribution in [0.15, 0.2) is 69.7 Å². The molecule has 2 aromatic carbocycles. The summed E-state index contributed by atoms with van der Waals surface area (Å²) in [5.74, 6) is 0.252. The predicted octanol–water partition coefficient (Wildman–Crippen LogP) is 6.33. The fourth-order valence-corrected chi connectivity index (χ4v) is 3.75. The van der Waals surface area contributed by atoms with Gasteiger partial charge in [-0.1, -0.05) is 41.4 Å². The van der Waals surface area contributed by atoms with E-state index in [-0.39, 0.29) is 23.8 Å². The van der Waals surface area contributed by atoms with Crippen molar-refractivity contribution in [2.24, 2.45) is 0 Å². The zero-order chi connectivity index (χ0) is 24.2. The van der Waals surface area contributed by atoms with Gasteiger partial charge in [-0.15, -0.1) is 0 Å². The molecule has 2 aromatic heterocycles. The minimum Gasteiger partial charge on any atom is -0.479 e. The van der Waals surface area contributed by atoms with E-state index >= 15 is 0 Å². The van der Waals surface area contributed by atoms with E-state index in [1.54, 1.807) is 41.2 Å². The van der Waals surface area contributed by atoms with E-state index < -0.39 is 10.8 Å². The first kappa shape index (κ1) is 23.8. The van der Waals surface area contributed by atoms with E-state index in [9.17, 15) is 14.9 Å². The molecule has 0 atom stereocenters. The summed E-state index contributed by atoms with van der Waals surface area (Å²) >= 11 is 15.4. The molecule has 9 nitrogen and oxygen atoms in total. The molecule has 1 N–H and O–H groups in total. The largest absolute Gasteiger partial charge is 0.479 e. The lowest BCUT2D eigenvalue weighted by molar-refractivity contribution is -0.386. The third-order valence-electron chi connectivity index (χ3n) is 4.59. The Morgan fingerprint density at radius 2 is 1.97 bits per heavy atom. The van der Waals surface area contributed by atoms with Crippen molar-refractivity contribution in [1.29, 1.82) is 0 Å². The van der Waals surface area contributed by atoms with Crippen LogP contribution in [0.4, 0.5) is 11.5 Å². The van der Waals surface area contributed by atoms with Crippen LogP contribution in [-0.4, -0.2) is 20.6 Å². The number of hydrogen-bond donors (Lipinski definition) is 1. The minimum atomic E-state index is -0.533. The number of para-hydroxylation sites is 2. The summed E-state index contributed by atoms with van der Waals surface area (Å²) in [6.45, 7) is 0.333. The fourth-order valence-electron chi connectivity index (χ4n) is 3.01. The molecule has 0 aliphatic heterocycles. The minimum absolute atomic E-state index is 0.0343. The molecule has 0 bridgehead atoms. The van der Waals surface area contributed by atoms with Gasteiger partial charge in [0.05, 0.1) is 26.0 Å². The van der Waals surface area contributed by atoms with Crippen molar-refractivity contribution in [2.75, 3.05) is 5.32 Å². The van der Waals surface area contributed by atoms with Gasteiger partial charge in [-0.05, 0) is 51.8 Å². The standard InChI is InChI=1S/C22H15BrCl2N4O5/c23-15-11-28(10-13-5-7-16(24)17(25)9-13)27-21(15)26-22(30)20-8-6-14(34-20)12-33-19-4-2-1-3-18(19)29(31)32/h1-9,11H,10,12H2,(H,26,27,30). The van der Waals surface area contributed by atoms with E-state index in [0.29, 0.717) is 32.6 Å². The molecule has 0 spiro atoms. The normalized spacial score (nSPS) is 10.8. The Morgan fingerprint density at radius 1 is 1.18 bits per heavy atom. The van der Waals surface area contributed by atoms with Crippen LogP contribution in [-0.2, 0) is 13.2 Å². The molecule has 4 rings (SSSR count). The number of hydrogen-bond acceptors (Lipinski definition) is 6. The highest BCUT2D eigenvalue weighted by Crippen LogP contribution is 2.27. The summed E-state index contributed by atoms with van der Waals surface area (Å²) < 4.78 is 13.2. The van der Waals surface area contributed by atoms with Gasteiger partial charge in [0.15, 0.2) is 17.3 Å². The maximum absolute atomic E-state index is 12.6. The second-order valence-corrected chi connectivity index (χ2v) is 8.67. The fraction of sp³-hybridized carbons (Fsp3) is 0.0909. The Kier molecular flexibility index (Phi) is 7.20. The summed E-state index contributed by atoms with van der Waals surface area (Å²) in [5.41, 5.74) is 0.727. The van der Waals surface area contributed by atoms with Crippen molar-refractivity contribution in [3.63, 3.8) is 0 Å². The molecule has 0 fully saturated rings. The molecule has 2 heterocycles. The lowest BCUT2D eigenvalue weighted by Crippen LogP contribution is -2.12. The third-order valence-corrected chi connectivity index (χ3v) is 5.91. The third kappa shape index (κ3) is 5.58. The summed E-state index contributed by atoms with van der Waals surface area (Å²) in [7, 11) is 0. The van der Waals surface area contributed by atoms with Gasteiger partial charge in [0, 0.05) is 12.3 Å². The van der Waals surface area contributed by atoms with E-state index in [1.165, 1.54) is 18.2 Å². The Hall–Kier alpha value is -3.34. The monoisotopic (exact) mass is 564 g/mol. The number of nitro groups is 1. The first-order valence-corrected chi connectivity index (χ1v) is 11.3. The maximum Gasteiger partial charge on any atom is 0.310 e. The number of nitrogens with one attached hydrogen (secondary N) is 1. The molecular weight excluding hydrogens is 551 g/mol. The zero-order valence-electron chi connectivity index (χ0n) is 17.2. The number of anilines is 1. The molecule has 0 saturated heterocycles. The number of furan rings is 1. The average Bonchev–Trinajstić information content (AvgIpc) is 3.41. The molecule has 1 amide bonds. The highest BCUT2D eigenvalue weighted by molar-refractivity contribution is 9.10. The van der Waals surface area contributed by atoms with Crippen LogP contribution in [0.3, 0.4) is 0 Å². The van der Waals surface area contributed by atoms with Crippen LogP contribution in [0.2, 0.25) is 10.0 Å². The van der Waals surface area contributed by atoms with Gasteiger partial charge in [-0.3, -0.25) is 19.6 Å². The van der Waals surface area contributed by atoms with Crippen molar-refractivity contribution >= 4 is 56.5 Å². The molecule has 0 saturated carbocycles. The SMILES string of the molecule is O=C(Nc1nn(Cc2ccc(Cl)c(Cl)c2)cc1Br)c1ccc(COc2ccccc2[N+](=O)[O-])o1. The molecule has 4 aromatic rings. The number of carbonyl (C=O) groups excluding carboxylic acids is 1. The molecule has 0 aliphatic rings. The number of aromatic nitrogens is 2. The first-order chi connectivity index (χ1) is 16.3. The lowest BCUT2D eigenvalue weighted by atomic mass is 10.2. The first-order valence-electron chi connectivity index (χ1n) is 9.73. The molecular formula is C22H15BrCl2N4O5. The van der Waals surface area contributed by atoms with Crippen molar-refractivity contribution in [2.45, 2.75) is 13.2 Å². The van der Waals surface area contributed by atoms with Gasteiger partial charge in [0.2, 0.25) is 0 Å². The average molecular weight is 566 g/mol. The Bertz CT molecular complexity index is 1370. The van der Waals surface area contributed by atoms with E-state index in [4.69, 9.17) is 32.4 Å². The van der Waals surface area contributed by atoms with Gasteiger partial charge in [0.1, 0.15) is 12.4 Å². The second-order valence-electron chi connectivity index (χ2n) is 7.01. The quantitative estimate of drug-likeness (QED) is 0.197. The molecule has 34 heavy (non-hydrogen) atoms. The number of carbonyl (C=O) groups is 1. The molecule has 174 valence electrons. The van der Waals surface area contributed by atoms with E-state index in [1.807, 2.05) is 6.07 Å². The second kappa shape index (κ2) is 10.3. The number of amides is 1. The summed E-state index contributed by atoms with van der Waals surface area (Å²) in [5, 5.41) is 19.0. The summed E-state index contributed by atoms with van der Waals surface area (Å²) in [4.78, 5) is 23.2. The van der Waals surface area contributed by atoms with E-state index in [0.717, 1.165) is 5.56 Å². The van der Waals surface area contributed by atoms with Crippen molar-refractivity contribution in [3.05, 3.63) is 103 Å². The smallest absolute Gasteiger partial charge is 0.310 e. The molecule has 12 heteroatoms. The number of benzene rings is 2. The number of nitrogens with zero attached hydrogens (tertiary/aromatic N) is 3.